The second-order valence-electron chi connectivity index (χ2n) is 7.06. The topological polar surface area (TPSA) is 73.9 Å². The van der Waals surface area contributed by atoms with E-state index in [1.165, 1.54) is 12.1 Å². The Bertz CT molecular complexity index is 803. The molecular formula is C21H27FN4O3. The van der Waals surface area contributed by atoms with Crippen molar-refractivity contribution in [2.45, 2.75) is 13.0 Å². The molecular weight excluding hydrogens is 375 g/mol. The number of carbonyl (C=O) groups excluding carboxylic acids is 2. The quantitative estimate of drug-likeness (QED) is 0.538. The average molecular weight is 402 g/mol. The van der Waals surface area contributed by atoms with Crippen LogP contribution in [0.3, 0.4) is 0 Å². The fourth-order valence-corrected chi connectivity index (χ4v) is 3.66. The van der Waals surface area contributed by atoms with Crippen LogP contribution in [0, 0.1) is 5.82 Å². The van der Waals surface area contributed by atoms with Crippen molar-refractivity contribution >= 4 is 12.0 Å². The van der Waals surface area contributed by atoms with E-state index >= 15 is 0 Å². The van der Waals surface area contributed by atoms with E-state index in [0.717, 1.165) is 32.7 Å². The number of amides is 2. The molecule has 1 aromatic carbocycles. The van der Waals surface area contributed by atoms with Crippen molar-refractivity contribution in [1.82, 2.24) is 20.4 Å². The SMILES string of the molecule is C=CCN1CCN(CC2=C(C(=O)OCC)[C@@H](c3cccc(F)c3)NC(=O)N2)CC1. The lowest BCUT2D eigenvalue weighted by Crippen LogP contribution is -2.51. The van der Waals surface area contributed by atoms with E-state index in [4.69, 9.17) is 4.74 Å². The van der Waals surface area contributed by atoms with Gasteiger partial charge in [-0.15, -0.1) is 6.58 Å². The summed E-state index contributed by atoms with van der Waals surface area (Å²) in [6.45, 7) is 10.3. The summed E-state index contributed by atoms with van der Waals surface area (Å²) in [5, 5.41) is 5.49. The van der Waals surface area contributed by atoms with Crippen LogP contribution in [0.2, 0.25) is 0 Å². The van der Waals surface area contributed by atoms with E-state index in [-0.39, 0.29) is 6.61 Å². The number of urea groups is 1. The number of esters is 1. The Morgan fingerprint density at radius 2 is 2.03 bits per heavy atom. The fourth-order valence-electron chi connectivity index (χ4n) is 3.66. The number of carbonyl (C=O) groups is 2. The lowest BCUT2D eigenvalue weighted by Gasteiger charge is -2.36. The Kier molecular flexibility index (Phi) is 7.00. The van der Waals surface area contributed by atoms with Gasteiger partial charge in [0, 0.05) is 45.0 Å². The van der Waals surface area contributed by atoms with Crippen molar-refractivity contribution in [1.29, 1.82) is 0 Å². The van der Waals surface area contributed by atoms with Crippen molar-refractivity contribution in [2.24, 2.45) is 0 Å². The number of hydrogen-bond acceptors (Lipinski definition) is 5. The molecule has 0 spiro atoms. The number of ether oxygens (including phenoxy) is 1. The lowest BCUT2D eigenvalue weighted by atomic mass is 9.95. The molecule has 29 heavy (non-hydrogen) atoms. The van der Waals surface area contributed by atoms with Gasteiger partial charge in [-0.25, -0.2) is 14.0 Å². The Morgan fingerprint density at radius 1 is 1.31 bits per heavy atom. The Hall–Kier alpha value is -2.71. The van der Waals surface area contributed by atoms with Gasteiger partial charge in [-0.3, -0.25) is 9.80 Å². The highest BCUT2D eigenvalue weighted by Gasteiger charge is 2.34. The van der Waals surface area contributed by atoms with E-state index < -0.39 is 23.9 Å². The third-order valence-corrected chi connectivity index (χ3v) is 5.06. The van der Waals surface area contributed by atoms with Crippen LogP contribution in [0.1, 0.15) is 18.5 Å². The van der Waals surface area contributed by atoms with Crippen LogP contribution >= 0.6 is 0 Å². The number of piperazine rings is 1. The highest BCUT2D eigenvalue weighted by molar-refractivity contribution is 5.95. The fraction of sp³-hybridized carbons (Fsp3) is 0.429. The van der Waals surface area contributed by atoms with Crippen molar-refractivity contribution < 1.29 is 18.7 Å². The molecule has 1 atom stereocenters. The normalized spacial score (nSPS) is 20.8. The number of hydrogen-bond donors (Lipinski definition) is 2. The summed E-state index contributed by atoms with van der Waals surface area (Å²) in [4.78, 5) is 29.5. The third-order valence-electron chi connectivity index (χ3n) is 5.06. The van der Waals surface area contributed by atoms with E-state index in [9.17, 15) is 14.0 Å². The summed E-state index contributed by atoms with van der Waals surface area (Å²) in [6, 6.07) is 4.69. The number of halogens is 1. The molecule has 156 valence electrons. The molecule has 0 saturated carbocycles. The van der Waals surface area contributed by atoms with E-state index in [0.29, 0.717) is 23.4 Å². The summed E-state index contributed by atoms with van der Waals surface area (Å²) >= 11 is 0. The van der Waals surface area contributed by atoms with Crippen LogP contribution < -0.4 is 10.6 Å². The maximum absolute atomic E-state index is 13.8. The minimum Gasteiger partial charge on any atom is -0.463 e. The standard InChI is InChI=1S/C21H27FN4O3/c1-3-8-25-9-11-26(12-10-25)14-17-18(20(27)29-4-2)19(24-21(28)23-17)15-6-5-7-16(22)13-15/h3,5-7,13,19H,1,4,8-12,14H2,2H3,(H2,23,24,28)/t19-/m1/s1. The number of nitrogens with one attached hydrogen (secondary N) is 2. The van der Waals surface area contributed by atoms with E-state index in [1.807, 2.05) is 6.08 Å². The van der Waals surface area contributed by atoms with E-state index in [1.54, 1.807) is 19.1 Å². The molecule has 2 N–H and O–H groups in total. The molecule has 3 rings (SSSR count). The molecule has 7 nitrogen and oxygen atoms in total. The van der Waals surface area contributed by atoms with Crippen molar-refractivity contribution in [2.75, 3.05) is 45.9 Å². The summed E-state index contributed by atoms with van der Waals surface area (Å²) < 4.78 is 19.0. The van der Waals surface area contributed by atoms with Crippen molar-refractivity contribution in [3.63, 3.8) is 0 Å². The molecule has 2 heterocycles. The summed E-state index contributed by atoms with van der Waals surface area (Å²) in [7, 11) is 0. The maximum atomic E-state index is 13.8. The second-order valence-corrected chi connectivity index (χ2v) is 7.06. The van der Waals surface area contributed by atoms with Gasteiger partial charge in [0.15, 0.2) is 0 Å². The highest BCUT2D eigenvalue weighted by Crippen LogP contribution is 2.28. The van der Waals surface area contributed by atoms with Crippen LogP contribution in [0.5, 0.6) is 0 Å². The zero-order chi connectivity index (χ0) is 20.8. The van der Waals surface area contributed by atoms with Gasteiger partial charge in [0.1, 0.15) is 5.82 Å². The molecule has 1 aromatic rings. The van der Waals surface area contributed by atoms with Gasteiger partial charge < -0.3 is 15.4 Å². The average Bonchev–Trinajstić information content (AvgIpc) is 2.69. The predicted molar refractivity (Wildman–Crippen MR) is 108 cm³/mol. The Morgan fingerprint density at radius 3 is 2.69 bits per heavy atom. The molecule has 0 aliphatic carbocycles. The van der Waals surface area contributed by atoms with Crippen molar-refractivity contribution in [3.05, 3.63) is 59.6 Å². The van der Waals surface area contributed by atoms with Gasteiger partial charge in [0.2, 0.25) is 0 Å². The minimum atomic E-state index is -0.768. The molecule has 2 aliphatic heterocycles. The zero-order valence-electron chi connectivity index (χ0n) is 16.6. The number of rotatable bonds is 7. The Labute approximate surface area is 170 Å². The molecule has 0 bridgehead atoms. The third kappa shape index (κ3) is 5.21. The first-order chi connectivity index (χ1) is 14.0. The molecule has 2 amide bonds. The van der Waals surface area contributed by atoms with E-state index in [2.05, 4.69) is 27.0 Å². The molecule has 8 heteroatoms. The molecule has 2 aliphatic rings. The van der Waals surface area contributed by atoms with Gasteiger partial charge in [-0.05, 0) is 24.6 Å². The smallest absolute Gasteiger partial charge is 0.338 e. The Balaban J connectivity index is 1.88. The molecule has 1 fully saturated rings. The second kappa shape index (κ2) is 9.67. The minimum absolute atomic E-state index is 0.208. The molecule has 0 unspecified atom stereocenters. The van der Waals surface area contributed by atoms with Crippen LogP contribution in [0.4, 0.5) is 9.18 Å². The van der Waals surface area contributed by atoms with Gasteiger partial charge in [0.05, 0.1) is 18.2 Å². The monoisotopic (exact) mass is 402 g/mol. The number of benzene rings is 1. The van der Waals surface area contributed by atoms with Crippen LogP contribution in [-0.2, 0) is 9.53 Å². The first kappa shape index (κ1) is 21.0. The van der Waals surface area contributed by atoms with Gasteiger partial charge in [-0.2, -0.15) is 0 Å². The predicted octanol–water partition coefficient (Wildman–Crippen LogP) is 1.80. The summed E-state index contributed by atoms with van der Waals surface area (Å²) in [5.74, 6) is -0.951. The molecule has 1 saturated heterocycles. The first-order valence-electron chi connectivity index (χ1n) is 9.80. The van der Waals surface area contributed by atoms with Crippen LogP contribution in [0.25, 0.3) is 0 Å². The summed E-state index contributed by atoms with van der Waals surface area (Å²) in [5.41, 5.74) is 1.31. The van der Waals surface area contributed by atoms with Gasteiger partial charge in [0.25, 0.3) is 0 Å². The maximum Gasteiger partial charge on any atom is 0.338 e. The van der Waals surface area contributed by atoms with Crippen LogP contribution in [0.15, 0.2) is 48.2 Å². The van der Waals surface area contributed by atoms with Crippen molar-refractivity contribution in [3.8, 4) is 0 Å². The van der Waals surface area contributed by atoms with Crippen LogP contribution in [-0.4, -0.2) is 67.7 Å². The first-order valence-corrected chi connectivity index (χ1v) is 9.80. The molecule has 0 aromatic heterocycles. The lowest BCUT2D eigenvalue weighted by molar-refractivity contribution is -0.139. The van der Waals surface area contributed by atoms with Gasteiger partial charge in [-0.1, -0.05) is 18.2 Å². The van der Waals surface area contributed by atoms with Gasteiger partial charge >= 0.3 is 12.0 Å². The zero-order valence-corrected chi connectivity index (χ0v) is 16.6. The largest absolute Gasteiger partial charge is 0.463 e. The molecule has 0 radical (unpaired) electrons. The summed E-state index contributed by atoms with van der Waals surface area (Å²) in [6.07, 6.45) is 1.88. The highest BCUT2D eigenvalue weighted by atomic mass is 19.1. The number of nitrogens with zero attached hydrogens (tertiary/aromatic N) is 2.